The van der Waals surface area contributed by atoms with Crippen LogP contribution in [0.25, 0.3) is 5.57 Å². The first kappa shape index (κ1) is 22.5. The Kier molecular flexibility index (Phi) is 8.29. The molecule has 0 aromatic heterocycles. The highest BCUT2D eigenvalue weighted by atomic mass is 16.6. The van der Waals surface area contributed by atoms with Crippen molar-refractivity contribution in [2.24, 2.45) is 5.41 Å². The lowest BCUT2D eigenvalue weighted by molar-refractivity contribution is -0.146. The molecule has 0 spiro atoms. The largest absolute Gasteiger partial charge is 0.462 e. The number of ether oxygens (including phenoxy) is 2. The van der Waals surface area contributed by atoms with Crippen LogP contribution >= 0.6 is 0 Å². The van der Waals surface area contributed by atoms with Crippen molar-refractivity contribution in [2.45, 2.75) is 34.6 Å². The fourth-order valence-electron chi connectivity index (χ4n) is 2.61. The van der Waals surface area contributed by atoms with Gasteiger partial charge in [0.2, 0.25) is 0 Å². The van der Waals surface area contributed by atoms with Gasteiger partial charge in [0.05, 0.1) is 18.9 Å². The third-order valence-corrected chi connectivity index (χ3v) is 3.87. The number of esters is 2. The summed E-state index contributed by atoms with van der Waals surface area (Å²) in [6, 6.07) is 9.91. The summed E-state index contributed by atoms with van der Waals surface area (Å²) in [5.74, 6) is -1.37. The van der Waals surface area contributed by atoms with Crippen LogP contribution in [0.3, 0.4) is 0 Å². The molecule has 0 aliphatic carbocycles. The quantitative estimate of drug-likeness (QED) is 0.237. The second-order valence-corrected chi connectivity index (χ2v) is 7.27. The molecule has 0 saturated heterocycles. The Labute approximate surface area is 162 Å². The van der Waals surface area contributed by atoms with Crippen LogP contribution in [-0.4, -0.2) is 44.1 Å². The highest BCUT2D eigenvalue weighted by Crippen LogP contribution is 2.35. The van der Waals surface area contributed by atoms with Crippen molar-refractivity contribution in [3.63, 3.8) is 0 Å². The van der Waals surface area contributed by atoms with Gasteiger partial charge >= 0.3 is 11.9 Å². The Morgan fingerprint density at radius 2 is 1.44 bits per heavy atom. The maximum Gasteiger partial charge on any atom is 0.347 e. The van der Waals surface area contributed by atoms with Gasteiger partial charge in [-0.25, -0.2) is 9.59 Å². The molecule has 0 bridgehead atoms. The van der Waals surface area contributed by atoms with Gasteiger partial charge in [-0.3, -0.25) is 0 Å². The Bertz CT molecular complexity index is 690. The van der Waals surface area contributed by atoms with Crippen LogP contribution in [0, 0.1) is 5.41 Å². The minimum atomic E-state index is -0.683. The van der Waals surface area contributed by atoms with Crippen LogP contribution in [0.5, 0.6) is 0 Å². The van der Waals surface area contributed by atoms with Gasteiger partial charge in [0.15, 0.2) is 5.57 Å². The lowest BCUT2D eigenvalue weighted by Crippen LogP contribution is -2.25. The maximum absolute atomic E-state index is 12.5. The van der Waals surface area contributed by atoms with Gasteiger partial charge in [-0.05, 0) is 36.5 Å². The predicted octanol–water partition coefficient (Wildman–Crippen LogP) is 4.06. The number of nitrogens with zero attached hydrogens (tertiary/aromatic N) is 1. The first-order valence-corrected chi connectivity index (χ1v) is 9.16. The Balaban J connectivity index is 3.73. The third kappa shape index (κ3) is 6.27. The van der Waals surface area contributed by atoms with E-state index in [1.807, 2.05) is 36.4 Å². The van der Waals surface area contributed by atoms with Crippen molar-refractivity contribution in [1.82, 2.24) is 4.90 Å². The molecular formula is C22H31NO4. The highest BCUT2D eigenvalue weighted by molar-refractivity contribution is 6.15. The molecule has 5 nitrogen and oxygen atoms in total. The molecule has 5 heteroatoms. The van der Waals surface area contributed by atoms with E-state index in [-0.39, 0.29) is 24.2 Å². The molecule has 27 heavy (non-hydrogen) atoms. The average Bonchev–Trinajstić information content (AvgIpc) is 2.58. The lowest BCUT2D eigenvalue weighted by atomic mass is 9.81. The number of likely N-dealkylation sites (N-methyl/N-ethyl adjacent to an activating group) is 1. The molecule has 0 heterocycles. The number of allylic oxidation sites excluding steroid dienone is 2. The average molecular weight is 373 g/mol. The van der Waals surface area contributed by atoms with E-state index < -0.39 is 11.9 Å². The summed E-state index contributed by atoms with van der Waals surface area (Å²) in [7, 11) is 3.57. The second kappa shape index (κ2) is 9.95. The van der Waals surface area contributed by atoms with E-state index in [1.54, 1.807) is 32.8 Å². The number of carbonyl (C=O) groups is 2. The van der Waals surface area contributed by atoms with E-state index >= 15 is 0 Å². The second-order valence-electron chi connectivity index (χ2n) is 7.27. The van der Waals surface area contributed by atoms with Crippen LogP contribution in [-0.2, 0) is 19.1 Å². The van der Waals surface area contributed by atoms with Crippen LogP contribution < -0.4 is 0 Å². The molecule has 0 radical (unpaired) electrons. The third-order valence-electron chi connectivity index (χ3n) is 3.87. The molecule has 0 saturated carbocycles. The standard InChI is InChI=1S/C22H31NO4/c1-8-26-20(24)19(21(25)27-9-2)18(23(6)7)15-17(22(3,4)5)16-13-11-10-12-14-16/h10-15H,8-9H2,1-7H3/b17-15+. The van der Waals surface area contributed by atoms with Gasteiger partial charge < -0.3 is 14.4 Å². The van der Waals surface area contributed by atoms with Crippen molar-refractivity contribution in [1.29, 1.82) is 0 Å². The van der Waals surface area contributed by atoms with Gasteiger partial charge in [-0.1, -0.05) is 51.1 Å². The fourth-order valence-corrected chi connectivity index (χ4v) is 2.61. The summed E-state index contributed by atoms with van der Waals surface area (Å²) < 4.78 is 10.2. The number of hydrogen-bond donors (Lipinski definition) is 0. The van der Waals surface area contributed by atoms with E-state index in [0.29, 0.717) is 5.70 Å². The first-order valence-electron chi connectivity index (χ1n) is 9.16. The number of hydrogen-bond acceptors (Lipinski definition) is 5. The fraction of sp³-hybridized carbons (Fsp3) is 0.455. The van der Waals surface area contributed by atoms with Crippen molar-refractivity contribution in [2.75, 3.05) is 27.3 Å². The van der Waals surface area contributed by atoms with E-state index in [0.717, 1.165) is 11.1 Å². The van der Waals surface area contributed by atoms with E-state index in [4.69, 9.17) is 9.47 Å². The van der Waals surface area contributed by atoms with E-state index in [9.17, 15) is 9.59 Å². The SMILES string of the molecule is CCOC(=O)C(C(=O)OCC)=C(/C=C(\c1ccccc1)C(C)(C)C)N(C)C. The summed E-state index contributed by atoms with van der Waals surface area (Å²) in [5.41, 5.74) is 2.17. The van der Waals surface area contributed by atoms with Crippen LogP contribution in [0.4, 0.5) is 0 Å². The molecule has 0 amide bonds. The lowest BCUT2D eigenvalue weighted by Gasteiger charge is -2.26. The van der Waals surface area contributed by atoms with Gasteiger partial charge in [0, 0.05) is 14.1 Å². The molecule has 0 fully saturated rings. The molecule has 148 valence electrons. The number of benzene rings is 1. The number of rotatable bonds is 7. The molecule has 0 aliphatic rings. The van der Waals surface area contributed by atoms with Gasteiger partial charge in [-0.15, -0.1) is 0 Å². The molecule has 1 aromatic rings. The summed E-state index contributed by atoms with van der Waals surface area (Å²) in [5, 5.41) is 0. The zero-order valence-electron chi connectivity index (χ0n) is 17.5. The molecule has 0 aliphatic heterocycles. The Morgan fingerprint density at radius 3 is 1.81 bits per heavy atom. The molecule has 0 unspecified atom stereocenters. The van der Waals surface area contributed by atoms with Crippen LogP contribution in [0.15, 0.2) is 47.7 Å². The summed E-state index contributed by atoms with van der Waals surface area (Å²) >= 11 is 0. The number of carbonyl (C=O) groups excluding carboxylic acids is 2. The molecule has 1 aromatic carbocycles. The monoisotopic (exact) mass is 373 g/mol. The Morgan fingerprint density at radius 1 is 0.963 bits per heavy atom. The topological polar surface area (TPSA) is 55.8 Å². The molecule has 0 N–H and O–H groups in total. The van der Waals surface area contributed by atoms with Crippen molar-refractivity contribution >= 4 is 17.5 Å². The highest BCUT2D eigenvalue weighted by Gasteiger charge is 2.28. The van der Waals surface area contributed by atoms with Gasteiger partial charge in [-0.2, -0.15) is 0 Å². The smallest absolute Gasteiger partial charge is 0.347 e. The minimum Gasteiger partial charge on any atom is -0.462 e. The van der Waals surface area contributed by atoms with Crippen LogP contribution in [0.2, 0.25) is 0 Å². The van der Waals surface area contributed by atoms with E-state index in [1.165, 1.54) is 0 Å². The van der Waals surface area contributed by atoms with Gasteiger partial charge in [0.25, 0.3) is 0 Å². The van der Waals surface area contributed by atoms with Crippen LogP contribution in [0.1, 0.15) is 40.2 Å². The molecule has 1 rings (SSSR count). The molecule has 0 atom stereocenters. The van der Waals surface area contributed by atoms with Crippen molar-refractivity contribution < 1.29 is 19.1 Å². The summed E-state index contributed by atoms with van der Waals surface area (Å²) in [4.78, 5) is 26.8. The maximum atomic E-state index is 12.5. The van der Waals surface area contributed by atoms with E-state index in [2.05, 4.69) is 20.8 Å². The predicted molar refractivity (Wildman–Crippen MR) is 108 cm³/mol. The first-order chi connectivity index (χ1) is 12.6. The van der Waals surface area contributed by atoms with Gasteiger partial charge in [0.1, 0.15) is 0 Å². The summed E-state index contributed by atoms with van der Waals surface area (Å²) in [6.45, 7) is 10.0. The zero-order chi connectivity index (χ0) is 20.6. The minimum absolute atomic E-state index is 0.0959. The zero-order valence-corrected chi connectivity index (χ0v) is 17.5. The summed E-state index contributed by atoms with van der Waals surface area (Å²) in [6.07, 6.45) is 1.87. The van der Waals surface area contributed by atoms with Crippen molar-refractivity contribution in [3.05, 3.63) is 53.2 Å². The molecular weight excluding hydrogens is 342 g/mol. The van der Waals surface area contributed by atoms with Crippen molar-refractivity contribution in [3.8, 4) is 0 Å². The Hall–Kier alpha value is -2.56. The normalized spacial score (nSPS) is 11.6.